The summed E-state index contributed by atoms with van der Waals surface area (Å²) in [6.07, 6.45) is 0.937. The smallest absolute Gasteiger partial charge is 0.264 e. The third kappa shape index (κ3) is 7.41. The average Bonchev–Trinajstić information content (AvgIpc) is 2.96. The number of nitrogens with zero attached hydrogens (tertiary/aromatic N) is 2. The van der Waals surface area contributed by atoms with Gasteiger partial charge in [0.2, 0.25) is 11.8 Å². The summed E-state index contributed by atoms with van der Waals surface area (Å²) in [6.45, 7) is 7.15. The molecule has 2 amide bonds. The standard InChI is InChI=1S/C31H39N3O5S/c1-6-25-13-11-12-16-29(25)34(40(37,38)27-14-9-8-10-15-27)22-30(35)33(28(7-2)31(36)32-23(3)4)21-24-17-19-26(39-5)20-18-24/h8-20,23,28H,6-7,21-22H2,1-5H3,(H,32,36)/t28-/m1/s1. The Balaban J connectivity index is 2.08. The highest BCUT2D eigenvalue weighted by atomic mass is 32.2. The van der Waals surface area contributed by atoms with E-state index in [0.29, 0.717) is 24.3 Å². The Kier molecular flexibility index (Phi) is 10.7. The van der Waals surface area contributed by atoms with Crippen LogP contribution in [0.2, 0.25) is 0 Å². The molecule has 0 bridgehead atoms. The highest BCUT2D eigenvalue weighted by molar-refractivity contribution is 7.92. The van der Waals surface area contributed by atoms with Crippen LogP contribution in [0.25, 0.3) is 0 Å². The van der Waals surface area contributed by atoms with E-state index in [1.807, 2.05) is 52.0 Å². The fraction of sp³-hybridized carbons (Fsp3) is 0.355. The number of amides is 2. The van der Waals surface area contributed by atoms with Gasteiger partial charge in [0.15, 0.2) is 0 Å². The number of benzene rings is 3. The Labute approximate surface area is 238 Å². The second-order valence-corrected chi connectivity index (χ2v) is 11.6. The summed E-state index contributed by atoms with van der Waals surface area (Å²) in [4.78, 5) is 28.9. The maximum atomic E-state index is 14.1. The zero-order valence-corrected chi connectivity index (χ0v) is 24.6. The SMILES string of the molecule is CCc1ccccc1N(CC(=O)N(Cc1ccc(OC)cc1)[C@H](CC)C(=O)NC(C)C)S(=O)(=O)c1ccccc1. The van der Waals surface area contributed by atoms with Gasteiger partial charge in [0, 0.05) is 12.6 Å². The topological polar surface area (TPSA) is 96.0 Å². The molecule has 0 fully saturated rings. The van der Waals surface area contributed by atoms with Crippen LogP contribution in [0.1, 0.15) is 45.2 Å². The second kappa shape index (κ2) is 14.0. The molecule has 3 aromatic rings. The summed E-state index contributed by atoms with van der Waals surface area (Å²) in [5, 5.41) is 2.91. The van der Waals surface area contributed by atoms with Crippen LogP contribution in [0.5, 0.6) is 5.75 Å². The van der Waals surface area contributed by atoms with Crippen LogP contribution in [-0.4, -0.2) is 50.9 Å². The molecule has 0 aromatic heterocycles. The van der Waals surface area contributed by atoms with Gasteiger partial charge in [-0.15, -0.1) is 0 Å². The van der Waals surface area contributed by atoms with Crippen molar-refractivity contribution in [1.82, 2.24) is 10.2 Å². The maximum absolute atomic E-state index is 14.1. The van der Waals surface area contributed by atoms with Gasteiger partial charge in [0.1, 0.15) is 18.3 Å². The van der Waals surface area contributed by atoms with Crippen LogP contribution >= 0.6 is 0 Å². The minimum absolute atomic E-state index is 0.0833. The van der Waals surface area contributed by atoms with E-state index in [0.717, 1.165) is 15.4 Å². The Morgan fingerprint density at radius 3 is 2.10 bits per heavy atom. The Hall–Kier alpha value is -3.85. The Morgan fingerprint density at radius 1 is 0.900 bits per heavy atom. The number of hydrogen-bond donors (Lipinski definition) is 1. The van der Waals surface area contributed by atoms with Gasteiger partial charge < -0.3 is 15.0 Å². The third-order valence-electron chi connectivity index (χ3n) is 6.58. The van der Waals surface area contributed by atoms with Crippen molar-refractivity contribution < 1.29 is 22.7 Å². The first-order valence-electron chi connectivity index (χ1n) is 13.5. The van der Waals surface area contributed by atoms with Crippen LogP contribution in [0.15, 0.2) is 83.8 Å². The molecule has 0 heterocycles. The molecule has 3 rings (SSSR count). The second-order valence-electron chi connectivity index (χ2n) is 9.76. The van der Waals surface area contributed by atoms with Crippen LogP contribution in [0, 0.1) is 0 Å². The van der Waals surface area contributed by atoms with Gasteiger partial charge in [-0.3, -0.25) is 13.9 Å². The quantitative estimate of drug-likeness (QED) is 0.322. The molecule has 0 aliphatic carbocycles. The molecule has 1 atom stereocenters. The molecule has 214 valence electrons. The third-order valence-corrected chi connectivity index (χ3v) is 8.35. The van der Waals surface area contributed by atoms with E-state index in [1.54, 1.807) is 49.6 Å². The maximum Gasteiger partial charge on any atom is 0.264 e. The lowest BCUT2D eigenvalue weighted by molar-refractivity contribution is -0.140. The fourth-order valence-corrected chi connectivity index (χ4v) is 5.99. The normalized spacial score (nSPS) is 12.1. The van der Waals surface area contributed by atoms with E-state index in [4.69, 9.17) is 4.74 Å². The molecule has 0 aliphatic heterocycles. The first kappa shape index (κ1) is 30.7. The zero-order chi connectivity index (χ0) is 29.3. The molecule has 0 radical (unpaired) electrons. The number of carbonyl (C=O) groups is 2. The van der Waals surface area contributed by atoms with Crippen molar-refractivity contribution in [3.05, 3.63) is 90.0 Å². The van der Waals surface area contributed by atoms with E-state index >= 15 is 0 Å². The zero-order valence-electron chi connectivity index (χ0n) is 23.8. The minimum Gasteiger partial charge on any atom is -0.497 e. The highest BCUT2D eigenvalue weighted by Gasteiger charge is 2.34. The summed E-state index contributed by atoms with van der Waals surface area (Å²) >= 11 is 0. The Bertz CT molecular complexity index is 1380. The summed E-state index contributed by atoms with van der Waals surface area (Å²) in [5.74, 6) is -0.0969. The molecule has 40 heavy (non-hydrogen) atoms. The van der Waals surface area contributed by atoms with Crippen molar-refractivity contribution in [2.75, 3.05) is 18.0 Å². The molecule has 0 spiro atoms. The summed E-state index contributed by atoms with van der Waals surface area (Å²) in [7, 11) is -2.53. The summed E-state index contributed by atoms with van der Waals surface area (Å²) < 4.78 is 34.4. The lowest BCUT2D eigenvalue weighted by Crippen LogP contribution is -2.53. The number of methoxy groups -OCH3 is 1. The van der Waals surface area contributed by atoms with Gasteiger partial charge in [-0.2, -0.15) is 0 Å². The van der Waals surface area contributed by atoms with Crippen LogP contribution in [0.3, 0.4) is 0 Å². The lowest BCUT2D eigenvalue weighted by atomic mass is 10.1. The molecule has 3 aromatic carbocycles. The van der Waals surface area contributed by atoms with Gasteiger partial charge in [-0.05, 0) is 68.1 Å². The van der Waals surface area contributed by atoms with E-state index in [1.165, 1.54) is 17.0 Å². The van der Waals surface area contributed by atoms with Crippen molar-refractivity contribution in [2.24, 2.45) is 0 Å². The number of anilines is 1. The molecule has 9 heteroatoms. The average molecular weight is 566 g/mol. The number of sulfonamides is 1. The Morgan fingerprint density at radius 2 is 1.52 bits per heavy atom. The van der Waals surface area contributed by atoms with Crippen molar-refractivity contribution >= 4 is 27.5 Å². The highest BCUT2D eigenvalue weighted by Crippen LogP contribution is 2.28. The minimum atomic E-state index is -4.10. The molecule has 8 nitrogen and oxygen atoms in total. The van der Waals surface area contributed by atoms with Gasteiger partial charge >= 0.3 is 0 Å². The lowest BCUT2D eigenvalue weighted by Gasteiger charge is -2.34. The first-order valence-corrected chi connectivity index (χ1v) is 14.9. The van der Waals surface area contributed by atoms with Crippen LogP contribution in [0.4, 0.5) is 5.69 Å². The number of ether oxygens (including phenoxy) is 1. The van der Waals surface area contributed by atoms with Gasteiger partial charge in [0.05, 0.1) is 17.7 Å². The monoisotopic (exact) mass is 565 g/mol. The molecular weight excluding hydrogens is 526 g/mol. The number of nitrogens with one attached hydrogen (secondary N) is 1. The largest absolute Gasteiger partial charge is 0.497 e. The number of rotatable bonds is 13. The summed E-state index contributed by atoms with van der Waals surface area (Å²) in [6, 6.07) is 21.6. The number of para-hydroxylation sites is 1. The van der Waals surface area contributed by atoms with Gasteiger partial charge in [-0.25, -0.2) is 8.42 Å². The molecule has 0 saturated carbocycles. The van der Waals surface area contributed by atoms with Crippen molar-refractivity contribution in [3.63, 3.8) is 0 Å². The van der Waals surface area contributed by atoms with Crippen molar-refractivity contribution in [1.29, 1.82) is 0 Å². The van der Waals surface area contributed by atoms with E-state index in [9.17, 15) is 18.0 Å². The van der Waals surface area contributed by atoms with Gasteiger partial charge in [-0.1, -0.05) is 62.4 Å². The predicted octanol–water partition coefficient (Wildman–Crippen LogP) is 4.78. The van der Waals surface area contributed by atoms with Crippen LogP contribution in [-0.2, 0) is 32.6 Å². The number of hydrogen-bond acceptors (Lipinski definition) is 5. The molecule has 1 N–H and O–H groups in total. The van der Waals surface area contributed by atoms with E-state index < -0.39 is 28.5 Å². The number of aryl methyl sites for hydroxylation is 1. The van der Waals surface area contributed by atoms with E-state index in [-0.39, 0.29) is 23.4 Å². The molecule has 0 saturated heterocycles. The predicted molar refractivity (Wildman–Crippen MR) is 158 cm³/mol. The molecule has 0 aliphatic rings. The molecular formula is C31H39N3O5S. The van der Waals surface area contributed by atoms with Gasteiger partial charge in [0.25, 0.3) is 10.0 Å². The fourth-order valence-electron chi connectivity index (χ4n) is 4.51. The summed E-state index contributed by atoms with van der Waals surface area (Å²) in [5.41, 5.74) is 2.02. The number of carbonyl (C=O) groups excluding carboxylic acids is 2. The first-order chi connectivity index (χ1) is 19.1. The van der Waals surface area contributed by atoms with Crippen molar-refractivity contribution in [3.8, 4) is 5.75 Å². The van der Waals surface area contributed by atoms with Crippen LogP contribution < -0.4 is 14.4 Å². The molecule has 0 unspecified atom stereocenters. The van der Waals surface area contributed by atoms with E-state index in [2.05, 4.69) is 5.32 Å². The van der Waals surface area contributed by atoms with Crippen molar-refractivity contribution in [2.45, 2.75) is 64.1 Å².